The highest BCUT2D eigenvalue weighted by Crippen LogP contribution is 2.26. The van der Waals surface area contributed by atoms with Gasteiger partial charge in [-0.05, 0) is 56.5 Å². The van der Waals surface area contributed by atoms with Crippen molar-refractivity contribution in [1.29, 1.82) is 0 Å². The molecule has 0 bridgehead atoms. The molecule has 4 heteroatoms. The number of aromatic nitrogens is 1. The summed E-state index contributed by atoms with van der Waals surface area (Å²) in [5.41, 5.74) is 1.25. The number of nitrogens with zero attached hydrogens (tertiary/aromatic N) is 1. The maximum absolute atomic E-state index is 11.6. The monoisotopic (exact) mass is 299 g/mol. The van der Waals surface area contributed by atoms with Gasteiger partial charge < -0.3 is 9.84 Å². The zero-order valence-corrected chi connectivity index (χ0v) is 13.0. The van der Waals surface area contributed by atoms with Gasteiger partial charge in [-0.1, -0.05) is 18.2 Å². The lowest BCUT2D eigenvalue weighted by Gasteiger charge is -2.24. The number of esters is 1. The second kappa shape index (κ2) is 7.18. The largest absolute Gasteiger partial charge is 0.462 e. The summed E-state index contributed by atoms with van der Waals surface area (Å²) in [5, 5.41) is 10.6. The van der Waals surface area contributed by atoms with Crippen molar-refractivity contribution in [3.63, 3.8) is 0 Å². The summed E-state index contributed by atoms with van der Waals surface area (Å²) in [6, 6.07) is 12.7. The molecule has 0 aliphatic heterocycles. The van der Waals surface area contributed by atoms with E-state index >= 15 is 0 Å². The van der Waals surface area contributed by atoms with Crippen LogP contribution >= 0.6 is 0 Å². The molecular formula is C18H21NO3. The van der Waals surface area contributed by atoms with Crippen molar-refractivity contribution in [2.45, 2.75) is 32.3 Å². The third kappa shape index (κ3) is 4.15. The highest BCUT2D eigenvalue weighted by molar-refractivity contribution is 5.89. The smallest absolute Gasteiger partial charge is 0.338 e. The predicted molar refractivity (Wildman–Crippen MR) is 84.5 cm³/mol. The van der Waals surface area contributed by atoms with E-state index in [1.54, 1.807) is 44.3 Å². The first-order valence-corrected chi connectivity index (χ1v) is 7.43. The van der Waals surface area contributed by atoms with Gasteiger partial charge in [0.25, 0.3) is 0 Å². The summed E-state index contributed by atoms with van der Waals surface area (Å²) in [6.45, 7) is 3.90. The van der Waals surface area contributed by atoms with Crippen LogP contribution in [0.15, 0.2) is 48.7 Å². The molecule has 2 rings (SSSR count). The molecule has 0 unspecified atom stereocenters. The Labute approximate surface area is 130 Å². The van der Waals surface area contributed by atoms with Crippen LogP contribution in [0.2, 0.25) is 0 Å². The van der Waals surface area contributed by atoms with E-state index in [9.17, 15) is 9.90 Å². The minimum atomic E-state index is -0.968. The Balaban J connectivity index is 2.04. The van der Waals surface area contributed by atoms with Crippen molar-refractivity contribution in [3.8, 4) is 0 Å². The normalized spacial score (nSPS) is 13.4. The molecule has 116 valence electrons. The van der Waals surface area contributed by atoms with Gasteiger partial charge in [-0.15, -0.1) is 0 Å². The number of carbonyl (C=O) groups excluding carboxylic acids is 1. The number of ether oxygens (including phenoxy) is 1. The van der Waals surface area contributed by atoms with Gasteiger partial charge in [0.2, 0.25) is 0 Å². The van der Waals surface area contributed by atoms with Gasteiger partial charge in [-0.25, -0.2) is 4.79 Å². The molecule has 0 radical (unpaired) electrons. The molecule has 1 atom stereocenters. The van der Waals surface area contributed by atoms with Gasteiger partial charge in [0.1, 0.15) is 0 Å². The molecule has 1 N–H and O–H groups in total. The highest BCUT2D eigenvalue weighted by Gasteiger charge is 2.23. The molecule has 1 aromatic heterocycles. The van der Waals surface area contributed by atoms with Crippen LogP contribution in [-0.4, -0.2) is 22.7 Å². The van der Waals surface area contributed by atoms with Gasteiger partial charge in [-0.2, -0.15) is 0 Å². The number of carbonyl (C=O) groups is 1. The van der Waals surface area contributed by atoms with Crippen LogP contribution in [0.5, 0.6) is 0 Å². The van der Waals surface area contributed by atoms with Crippen LogP contribution in [0.1, 0.15) is 41.9 Å². The number of benzene rings is 1. The van der Waals surface area contributed by atoms with Crippen molar-refractivity contribution in [2.75, 3.05) is 6.61 Å². The second-order valence-corrected chi connectivity index (χ2v) is 5.39. The summed E-state index contributed by atoms with van der Waals surface area (Å²) >= 11 is 0. The van der Waals surface area contributed by atoms with Crippen LogP contribution in [0.25, 0.3) is 0 Å². The summed E-state index contributed by atoms with van der Waals surface area (Å²) in [4.78, 5) is 15.9. The van der Waals surface area contributed by atoms with Gasteiger partial charge in [0, 0.05) is 11.9 Å². The maximum atomic E-state index is 11.6. The number of aliphatic hydroxyl groups is 1. The van der Waals surface area contributed by atoms with Gasteiger partial charge >= 0.3 is 5.97 Å². The highest BCUT2D eigenvalue weighted by atomic mass is 16.5. The van der Waals surface area contributed by atoms with E-state index in [1.165, 1.54) is 0 Å². The molecule has 0 spiro atoms. The molecule has 1 aromatic carbocycles. The molecule has 1 heterocycles. The van der Waals surface area contributed by atoms with E-state index < -0.39 is 5.60 Å². The maximum Gasteiger partial charge on any atom is 0.338 e. The summed E-state index contributed by atoms with van der Waals surface area (Å²) in [6.07, 6.45) is 2.99. The SMILES string of the molecule is CCOC(=O)c1ccc([C@](C)(O)CCc2ccccn2)cc1. The van der Waals surface area contributed by atoms with E-state index in [0.29, 0.717) is 25.0 Å². The fourth-order valence-electron chi connectivity index (χ4n) is 2.24. The van der Waals surface area contributed by atoms with Crippen molar-refractivity contribution in [3.05, 3.63) is 65.5 Å². The van der Waals surface area contributed by atoms with Crippen LogP contribution in [0, 0.1) is 0 Å². The summed E-state index contributed by atoms with van der Waals surface area (Å²) < 4.78 is 4.95. The fraction of sp³-hybridized carbons (Fsp3) is 0.333. The van der Waals surface area contributed by atoms with Gasteiger partial charge in [0.15, 0.2) is 0 Å². The molecule has 0 saturated carbocycles. The van der Waals surface area contributed by atoms with Crippen LogP contribution in [0.4, 0.5) is 0 Å². The Kier molecular flexibility index (Phi) is 5.28. The average molecular weight is 299 g/mol. The van der Waals surface area contributed by atoms with E-state index in [2.05, 4.69) is 4.98 Å². The number of aryl methyl sites for hydroxylation is 1. The Bertz CT molecular complexity index is 606. The molecule has 0 saturated heterocycles. The Hall–Kier alpha value is -2.20. The lowest BCUT2D eigenvalue weighted by Crippen LogP contribution is -2.22. The third-order valence-corrected chi connectivity index (χ3v) is 3.61. The number of hydrogen-bond acceptors (Lipinski definition) is 4. The average Bonchev–Trinajstić information content (AvgIpc) is 2.54. The van der Waals surface area contributed by atoms with Gasteiger partial charge in [-0.3, -0.25) is 4.98 Å². The molecule has 0 amide bonds. The van der Waals surface area contributed by atoms with Crippen molar-refractivity contribution in [2.24, 2.45) is 0 Å². The molecule has 4 nitrogen and oxygen atoms in total. The quantitative estimate of drug-likeness (QED) is 0.833. The first-order valence-electron chi connectivity index (χ1n) is 7.43. The van der Waals surface area contributed by atoms with Crippen LogP contribution in [-0.2, 0) is 16.8 Å². The second-order valence-electron chi connectivity index (χ2n) is 5.39. The van der Waals surface area contributed by atoms with E-state index in [1.807, 2.05) is 18.2 Å². The molecule has 0 aliphatic rings. The van der Waals surface area contributed by atoms with Crippen LogP contribution < -0.4 is 0 Å². The lowest BCUT2D eigenvalue weighted by atomic mass is 9.90. The summed E-state index contributed by atoms with van der Waals surface area (Å²) in [7, 11) is 0. The Morgan fingerprint density at radius 3 is 2.55 bits per heavy atom. The molecule has 22 heavy (non-hydrogen) atoms. The van der Waals surface area contributed by atoms with Crippen molar-refractivity contribution < 1.29 is 14.6 Å². The fourth-order valence-corrected chi connectivity index (χ4v) is 2.24. The minimum absolute atomic E-state index is 0.345. The predicted octanol–water partition coefficient (Wildman–Crippen LogP) is 3.10. The lowest BCUT2D eigenvalue weighted by molar-refractivity contribution is 0.0471. The molecular weight excluding hydrogens is 278 g/mol. The number of rotatable bonds is 6. The van der Waals surface area contributed by atoms with Crippen molar-refractivity contribution >= 4 is 5.97 Å². The first kappa shape index (κ1) is 16.2. The molecule has 2 aromatic rings. The Morgan fingerprint density at radius 1 is 1.23 bits per heavy atom. The van der Waals surface area contributed by atoms with Crippen molar-refractivity contribution in [1.82, 2.24) is 4.98 Å². The first-order chi connectivity index (χ1) is 10.5. The number of pyridine rings is 1. The Morgan fingerprint density at radius 2 is 1.95 bits per heavy atom. The summed E-state index contributed by atoms with van der Waals surface area (Å²) in [5.74, 6) is -0.345. The standard InChI is InChI=1S/C18H21NO3/c1-3-22-17(20)14-7-9-15(10-8-14)18(2,21)12-11-16-6-4-5-13-19-16/h4-10,13,21H,3,11-12H2,1-2H3/t18-/m1/s1. The molecule has 0 fully saturated rings. The van der Waals surface area contributed by atoms with Crippen LogP contribution in [0.3, 0.4) is 0 Å². The third-order valence-electron chi connectivity index (χ3n) is 3.61. The van der Waals surface area contributed by atoms with E-state index in [0.717, 1.165) is 11.3 Å². The topological polar surface area (TPSA) is 59.4 Å². The zero-order valence-electron chi connectivity index (χ0n) is 13.0. The minimum Gasteiger partial charge on any atom is -0.462 e. The zero-order chi connectivity index (χ0) is 16.0. The van der Waals surface area contributed by atoms with E-state index in [-0.39, 0.29) is 5.97 Å². The molecule has 0 aliphatic carbocycles. The van der Waals surface area contributed by atoms with E-state index in [4.69, 9.17) is 4.74 Å². The van der Waals surface area contributed by atoms with Gasteiger partial charge in [0.05, 0.1) is 17.8 Å². The number of hydrogen-bond donors (Lipinski definition) is 1.